The van der Waals surface area contributed by atoms with Crippen LogP contribution in [0.15, 0.2) is 6.33 Å². The van der Waals surface area contributed by atoms with Crippen molar-refractivity contribution in [1.29, 1.82) is 0 Å². The fraction of sp³-hybridized carbons (Fsp3) is 0.625. The average Bonchev–Trinajstić information content (AvgIpc) is 2.82. The summed E-state index contributed by atoms with van der Waals surface area (Å²) in [6.07, 6.45) is 6.56. The van der Waals surface area contributed by atoms with Crippen LogP contribution < -0.4 is 10.2 Å². The highest BCUT2D eigenvalue weighted by Gasteiger charge is 2.22. The largest absolute Gasteiger partial charge is 0.369 e. The molecule has 21 heavy (non-hydrogen) atoms. The molecule has 0 saturated carbocycles. The van der Waals surface area contributed by atoms with E-state index in [1.54, 1.807) is 6.33 Å². The van der Waals surface area contributed by atoms with Crippen LogP contribution in [-0.2, 0) is 12.8 Å². The van der Waals surface area contributed by atoms with Crippen molar-refractivity contribution in [3.63, 3.8) is 0 Å². The molecule has 2 heterocycles. The van der Waals surface area contributed by atoms with Gasteiger partial charge in [-0.3, -0.25) is 0 Å². The van der Waals surface area contributed by atoms with Crippen LogP contribution >= 0.6 is 11.3 Å². The van der Waals surface area contributed by atoms with Crippen molar-refractivity contribution < 1.29 is 4.90 Å². The minimum absolute atomic E-state index is 0.778. The summed E-state index contributed by atoms with van der Waals surface area (Å²) in [6, 6.07) is 0. The Morgan fingerprint density at radius 1 is 1.38 bits per heavy atom. The number of quaternary nitrogens is 1. The fourth-order valence-electron chi connectivity index (χ4n) is 3.07. The number of nitrogens with zero attached hydrogens (tertiary/aromatic N) is 2. The molecule has 0 aromatic carbocycles. The van der Waals surface area contributed by atoms with Gasteiger partial charge < -0.3 is 10.2 Å². The van der Waals surface area contributed by atoms with E-state index in [1.807, 2.05) is 11.3 Å². The van der Waals surface area contributed by atoms with Crippen LogP contribution in [0.1, 0.15) is 30.2 Å². The summed E-state index contributed by atoms with van der Waals surface area (Å²) in [5.74, 6) is 1.82. The summed E-state index contributed by atoms with van der Waals surface area (Å²) in [7, 11) is 4.39. The maximum absolute atomic E-state index is 4.51. The van der Waals surface area contributed by atoms with Gasteiger partial charge in [-0.25, -0.2) is 9.97 Å². The lowest BCUT2D eigenvalue weighted by Gasteiger charge is -2.18. The second kappa shape index (κ2) is 6.28. The molecule has 2 aromatic heterocycles. The van der Waals surface area contributed by atoms with E-state index in [9.17, 15) is 0 Å². The van der Waals surface area contributed by atoms with E-state index in [4.69, 9.17) is 0 Å². The molecule has 2 aromatic rings. The van der Waals surface area contributed by atoms with Crippen molar-refractivity contribution >= 4 is 27.4 Å². The van der Waals surface area contributed by atoms with Crippen molar-refractivity contribution in [2.45, 2.75) is 32.6 Å². The van der Waals surface area contributed by atoms with E-state index < -0.39 is 0 Å². The number of aromatic nitrogens is 2. The van der Waals surface area contributed by atoms with Crippen LogP contribution in [0, 0.1) is 5.92 Å². The van der Waals surface area contributed by atoms with Crippen LogP contribution in [0.25, 0.3) is 10.2 Å². The molecule has 1 aliphatic rings. The molecule has 0 aliphatic heterocycles. The number of thiophene rings is 1. The number of anilines is 1. The molecule has 0 saturated heterocycles. The Morgan fingerprint density at radius 2 is 2.24 bits per heavy atom. The van der Waals surface area contributed by atoms with Gasteiger partial charge in [0.2, 0.25) is 0 Å². The molecular formula is C16H25N4S+. The molecule has 1 aliphatic carbocycles. The van der Waals surface area contributed by atoms with Gasteiger partial charge in [-0.2, -0.15) is 0 Å². The number of hydrogen-bond donors (Lipinski definition) is 2. The van der Waals surface area contributed by atoms with Gasteiger partial charge in [0, 0.05) is 17.8 Å². The Kier molecular flexibility index (Phi) is 4.40. The van der Waals surface area contributed by atoms with E-state index in [-0.39, 0.29) is 0 Å². The summed E-state index contributed by atoms with van der Waals surface area (Å²) < 4.78 is 0. The second-order valence-electron chi connectivity index (χ2n) is 6.49. The van der Waals surface area contributed by atoms with Crippen molar-refractivity contribution in [3.05, 3.63) is 16.8 Å². The average molecular weight is 305 g/mol. The summed E-state index contributed by atoms with van der Waals surface area (Å²) in [4.78, 5) is 13.2. The van der Waals surface area contributed by atoms with E-state index in [0.717, 1.165) is 29.5 Å². The van der Waals surface area contributed by atoms with Crippen LogP contribution in [-0.4, -0.2) is 37.2 Å². The van der Waals surface area contributed by atoms with Gasteiger partial charge in [-0.1, -0.05) is 6.92 Å². The monoisotopic (exact) mass is 305 g/mol. The Hall–Kier alpha value is -1.20. The standard InChI is InChI=1S/C16H24N4S/c1-11-5-6-13-12(9-11)14-15(17-7-4-8-20(2)3)18-10-19-16(14)21-13/h10-11H,4-9H2,1-3H3,(H,17,18,19)/p+1/t11-/m1/s1. The summed E-state index contributed by atoms with van der Waals surface area (Å²) in [5, 5.41) is 4.83. The molecule has 0 amide bonds. The molecule has 1 atom stereocenters. The quantitative estimate of drug-likeness (QED) is 0.827. The topological polar surface area (TPSA) is 42.2 Å². The van der Waals surface area contributed by atoms with Crippen LogP contribution in [0.4, 0.5) is 5.82 Å². The summed E-state index contributed by atoms with van der Waals surface area (Å²) in [5.41, 5.74) is 1.51. The molecule has 114 valence electrons. The first-order chi connectivity index (χ1) is 10.1. The lowest BCUT2D eigenvalue weighted by molar-refractivity contribution is -0.858. The summed E-state index contributed by atoms with van der Waals surface area (Å²) in [6.45, 7) is 4.51. The number of nitrogens with one attached hydrogen (secondary N) is 2. The molecule has 4 nitrogen and oxygen atoms in total. The number of fused-ring (bicyclic) bond motifs is 3. The first kappa shape index (κ1) is 14.7. The van der Waals surface area contributed by atoms with Crippen molar-refractivity contribution in [2.24, 2.45) is 5.92 Å². The Labute approximate surface area is 130 Å². The fourth-order valence-corrected chi connectivity index (χ4v) is 4.25. The maximum atomic E-state index is 4.51. The van der Waals surface area contributed by atoms with E-state index in [2.05, 4.69) is 36.3 Å². The third-order valence-electron chi connectivity index (χ3n) is 4.23. The van der Waals surface area contributed by atoms with Gasteiger partial charge in [-0.05, 0) is 30.7 Å². The molecule has 3 rings (SSSR count). The number of rotatable bonds is 5. The van der Waals surface area contributed by atoms with Crippen molar-refractivity contribution in [2.75, 3.05) is 32.5 Å². The SMILES string of the molecule is C[C@@H]1CCc2sc3ncnc(NCCC[NH+](C)C)c3c2C1. The zero-order chi connectivity index (χ0) is 14.8. The van der Waals surface area contributed by atoms with Crippen molar-refractivity contribution in [1.82, 2.24) is 9.97 Å². The Bertz CT molecular complexity index is 620. The smallest absolute Gasteiger partial charge is 0.138 e. The molecule has 0 unspecified atom stereocenters. The molecule has 2 N–H and O–H groups in total. The Balaban J connectivity index is 1.83. The minimum Gasteiger partial charge on any atom is -0.369 e. The highest BCUT2D eigenvalue weighted by molar-refractivity contribution is 7.19. The van der Waals surface area contributed by atoms with Crippen LogP contribution in [0.2, 0.25) is 0 Å². The first-order valence-electron chi connectivity index (χ1n) is 7.93. The third kappa shape index (κ3) is 3.19. The predicted octanol–water partition coefficient (Wildman–Crippen LogP) is 1.76. The van der Waals surface area contributed by atoms with E-state index in [1.165, 1.54) is 46.5 Å². The van der Waals surface area contributed by atoms with E-state index in [0.29, 0.717) is 0 Å². The summed E-state index contributed by atoms with van der Waals surface area (Å²) >= 11 is 1.86. The molecule has 5 heteroatoms. The Morgan fingerprint density at radius 3 is 3.05 bits per heavy atom. The molecular weight excluding hydrogens is 280 g/mol. The van der Waals surface area contributed by atoms with Gasteiger partial charge in [0.05, 0.1) is 26.0 Å². The normalized spacial score (nSPS) is 18.2. The van der Waals surface area contributed by atoms with Gasteiger partial charge in [0.25, 0.3) is 0 Å². The number of aryl methyl sites for hydroxylation is 1. The highest BCUT2D eigenvalue weighted by atomic mass is 32.1. The zero-order valence-electron chi connectivity index (χ0n) is 13.2. The van der Waals surface area contributed by atoms with Gasteiger partial charge in [0.1, 0.15) is 17.0 Å². The van der Waals surface area contributed by atoms with Gasteiger partial charge in [0.15, 0.2) is 0 Å². The van der Waals surface area contributed by atoms with Gasteiger partial charge in [-0.15, -0.1) is 11.3 Å². The minimum atomic E-state index is 0.778. The van der Waals surface area contributed by atoms with Crippen LogP contribution in [0.3, 0.4) is 0 Å². The molecule has 0 fully saturated rings. The lowest BCUT2D eigenvalue weighted by atomic mass is 9.88. The molecule has 0 bridgehead atoms. The zero-order valence-corrected chi connectivity index (χ0v) is 14.0. The van der Waals surface area contributed by atoms with Gasteiger partial charge >= 0.3 is 0 Å². The predicted molar refractivity (Wildman–Crippen MR) is 89.4 cm³/mol. The molecule has 0 radical (unpaired) electrons. The molecule has 0 spiro atoms. The van der Waals surface area contributed by atoms with Crippen LogP contribution in [0.5, 0.6) is 0 Å². The first-order valence-corrected chi connectivity index (χ1v) is 8.75. The van der Waals surface area contributed by atoms with E-state index >= 15 is 0 Å². The number of hydrogen-bond acceptors (Lipinski definition) is 4. The third-order valence-corrected chi connectivity index (χ3v) is 5.43. The lowest BCUT2D eigenvalue weighted by Crippen LogP contribution is -3.05. The van der Waals surface area contributed by atoms with Crippen molar-refractivity contribution in [3.8, 4) is 0 Å². The second-order valence-corrected chi connectivity index (χ2v) is 7.58. The highest BCUT2D eigenvalue weighted by Crippen LogP contribution is 2.39. The maximum Gasteiger partial charge on any atom is 0.138 e.